The van der Waals surface area contributed by atoms with Crippen LogP contribution in [-0.2, 0) is 13.0 Å². The van der Waals surface area contributed by atoms with Gasteiger partial charge in [0.25, 0.3) is 0 Å². The maximum Gasteiger partial charge on any atom is 0.0737 e. The van der Waals surface area contributed by atoms with Gasteiger partial charge >= 0.3 is 0 Å². The molecule has 0 saturated carbocycles. The van der Waals surface area contributed by atoms with Crippen molar-refractivity contribution < 1.29 is 0 Å². The van der Waals surface area contributed by atoms with E-state index in [2.05, 4.69) is 55.0 Å². The largest absolute Gasteiger partial charge is 0.384 e. The Bertz CT molecular complexity index is 1100. The molecule has 1 saturated heterocycles. The van der Waals surface area contributed by atoms with E-state index in [9.17, 15) is 0 Å². The highest BCUT2D eigenvalue weighted by Gasteiger charge is 2.18. The van der Waals surface area contributed by atoms with E-state index in [4.69, 9.17) is 11.6 Å². The Kier molecular flexibility index (Phi) is 8.50. The number of benzene rings is 2. The molecule has 0 amide bonds. The molecule has 186 valence electrons. The number of rotatable bonds is 10. The van der Waals surface area contributed by atoms with Crippen molar-refractivity contribution in [1.82, 2.24) is 25.4 Å². The third-order valence-corrected chi connectivity index (χ3v) is 7.49. The van der Waals surface area contributed by atoms with E-state index in [0.717, 1.165) is 60.6 Å². The summed E-state index contributed by atoms with van der Waals surface area (Å²) in [5.41, 5.74) is 5.00. The van der Waals surface area contributed by atoms with Gasteiger partial charge in [-0.25, -0.2) is 0 Å². The highest BCUT2D eigenvalue weighted by atomic mass is 35.5. The van der Waals surface area contributed by atoms with Crippen molar-refractivity contribution in [2.24, 2.45) is 0 Å². The minimum atomic E-state index is 0.401. The highest BCUT2D eigenvalue weighted by Crippen LogP contribution is 2.24. The second kappa shape index (κ2) is 12.2. The zero-order valence-corrected chi connectivity index (χ0v) is 21.2. The lowest BCUT2D eigenvalue weighted by Crippen LogP contribution is -2.49. The molecule has 0 spiro atoms. The number of fused-ring (bicyclic) bond motifs is 2. The lowest BCUT2D eigenvalue weighted by molar-refractivity contribution is 0.131. The molecule has 0 unspecified atom stereocenters. The van der Waals surface area contributed by atoms with E-state index >= 15 is 0 Å². The first kappa shape index (κ1) is 24.5. The number of anilines is 1. The Hall–Kier alpha value is -2.22. The average molecular weight is 493 g/mol. The molecule has 2 aliphatic heterocycles. The molecule has 2 aliphatic rings. The van der Waals surface area contributed by atoms with E-state index in [1.54, 1.807) is 0 Å². The van der Waals surface area contributed by atoms with Crippen molar-refractivity contribution in [3.8, 4) is 0 Å². The molecular formula is C28H37ClN6. The van der Waals surface area contributed by atoms with Crippen molar-refractivity contribution in [2.75, 3.05) is 57.7 Å². The standard InChI is InChI=1S/C28H37ClN6/c29-24-7-8-25-26(9-12-31-27(25)20-24)30-10-3-13-34-15-17-35(18-16-34)14-4-11-32-28-19-22-5-1-2-6-23(22)21-33-28/h1-2,5-9,12,20,28,32-33H,3-4,10-11,13-19,21H2,(H,30,31)/t28-/m1/s1. The molecule has 0 bridgehead atoms. The Morgan fingerprint density at radius 1 is 0.914 bits per heavy atom. The van der Waals surface area contributed by atoms with Crippen LogP contribution in [0.2, 0.25) is 5.02 Å². The summed E-state index contributed by atoms with van der Waals surface area (Å²) in [7, 11) is 0. The fraction of sp³-hybridized carbons (Fsp3) is 0.464. The number of hydrogen-bond donors (Lipinski definition) is 3. The van der Waals surface area contributed by atoms with Gasteiger partial charge in [-0.2, -0.15) is 0 Å². The number of nitrogens with one attached hydrogen (secondary N) is 3. The molecule has 1 aromatic heterocycles. The van der Waals surface area contributed by atoms with Crippen LogP contribution >= 0.6 is 11.6 Å². The lowest BCUT2D eigenvalue weighted by Gasteiger charge is -2.35. The summed E-state index contributed by atoms with van der Waals surface area (Å²) in [5, 5.41) is 12.8. The third kappa shape index (κ3) is 6.72. The monoisotopic (exact) mass is 492 g/mol. The molecule has 35 heavy (non-hydrogen) atoms. The van der Waals surface area contributed by atoms with Crippen LogP contribution in [0.25, 0.3) is 10.9 Å². The smallest absolute Gasteiger partial charge is 0.0737 e. The van der Waals surface area contributed by atoms with Gasteiger partial charge in [-0.05, 0) is 67.9 Å². The van der Waals surface area contributed by atoms with Gasteiger partial charge in [-0.15, -0.1) is 0 Å². The van der Waals surface area contributed by atoms with Crippen molar-refractivity contribution in [3.63, 3.8) is 0 Å². The molecule has 6 nitrogen and oxygen atoms in total. The first-order valence-electron chi connectivity index (χ1n) is 13.0. The molecule has 2 aromatic carbocycles. The Balaban J connectivity index is 0.940. The van der Waals surface area contributed by atoms with Gasteiger partial charge < -0.3 is 20.4 Å². The Morgan fingerprint density at radius 2 is 1.66 bits per heavy atom. The summed E-state index contributed by atoms with van der Waals surface area (Å²) < 4.78 is 0. The van der Waals surface area contributed by atoms with Crippen molar-refractivity contribution in [1.29, 1.82) is 0 Å². The molecule has 3 heterocycles. The average Bonchev–Trinajstić information content (AvgIpc) is 2.89. The van der Waals surface area contributed by atoms with Gasteiger partial charge in [-0.1, -0.05) is 35.9 Å². The molecule has 5 rings (SSSR count). The van der Waals surface area contributed by atoms with Crippen molar-refractivity contribution in [2.45, 2.75) is 32.0 Å². The van der Waals surface area contributed by atoms with E-state index in [1.165, 1.54) is 50.3 Å². The van der Waals surface area contributed by atoms with Crippen LogP contribution in [-0.4, -0.2) is 73.3 Å². The zero-order chi connectivity index (χ0) is 23.9. The maximum absolute atomic E-state index is 6.10. The molecule has 3 N–H and O–H groups in total. The number of halogens is 1. The van der Waals surface area contributed by atoms with Gasteiger partial charge in [0.05, 0.1) is 11.7 Å². The van der Waals surface area contributed by atoms with E-state index < -0.39 is 0 Å². The predicted octanol–water partition coefficient (Wildman–Crippen LogP) is 3.96. The van der Waals surface area contributed by atoms with Crippen LogP contribution in [0.15, 0.2) is 54.7 Å². The van der Waals surface area contributed by atoms with Gasteiger partial charge in [0.15, 0.2) is 0 Å². The van der Waals surface area contributed by atoms with Gasteiger partial charge in [0.2, 0.25) is 0 Å². The normalized spacial score (nSPS) is 19.1. The summed E-state index contributed by atoms with van der Waals surface area (Å²) in [5.74, 6) is 0. The molecule has 1 atom stereocenters. The number of piperazine rings is 1. The van der Waals surface area contributed by atoms with Gasteiger partial charge in [0.1, 0.15) is 0 Å². The fourth-order valence-electron chi connectivity index (χ4n) is 5.22. The quantitative estimate of drug-likeness (QED) is 0.372. The first-order chi connectivity index (χ1) is 17.2. The van der Waals surface area contributed by atoms with Crippen LogP contribution in [0.4, 0.5) is 5.69 Å². The number of aromatic nitrogens is 1. The lowest BCUT2D eigenvalue weighted by atomic mass is 9.99. The van der Waals surface area contributed by atoms with Crippen LogP contribution in [0.5, 0.6) is 0 Å². The van der Waals surface area contributed by atoms with Crippen molar-refractivity contribution in [3.05, 3.63) is 70.9 Å². The molecular weight excluding hydrogens is 456 g/mol. The molecule has 3 aromatic rings. The van der Waals surface area contributed by atoms with E-state index in [0.29, 0.717) is 6.17 Å². The highest BCUT2D eigenvalue weighted by molar-refractivity contribution is 6.31. The summed E-state index contributed by atoms with van der Waals surface area (Å²) >= 11 is 6.10. The van der Waals surface area contributed by atoms with Gasteiger partial charge in [0, 0.05) is 68.0 Å². The fourth-order valence-corrected chi connectivity index (χ4v) is 5.38. The van der Waals surface area contributed by atoms with Gasteiger partial charge in [-0.3, -0.25) is 10.3 Å². The molecule has 1 fully saturated rings. The Morgan fingerprint density at radius 3 is 2.46 bits per heavy atom. The summed E-state index contributed by atoms with van der Waals surface area (Å²) in [4.78, 5) is 9.65. The summed E-state index contributed by atoms with van der Waals surface area (Å²) in [6, 6.07) is 16.7. The number of nitrogens with zero attached hydrogens (tertiary/aromatic N) is 3. The Labute approximate surface area is 214 Å². The van der Waals surface area contributed by atoms with Crippen LogP contribution in [0, 0.1) is 0 Å². The van der Waals surface area contributed by atoms with Crippen LogP contribution < -0.4 is 16.0 Å². The number of hydrogen-bond acceptors (Lipinski definition) is 6. The minimum absolute atomic E-state index is 0.401. The second-order valence-corrected chi connectivity index (χ2v) is 10.1. The predicted molar refractivity (Wildman–Crippen MR) is 146 cm³/mol. The van der Waals surface area contributed by atoms with Crippen molar-refractivity contribution >= 4 is 28.2 Å². The van der Waals surface area contributed by atoms with Crippen LogP contribution in [0.1, 0.15) is 24.0 Å². The van der Waals surface area contributed by atoms with E-state index in [1.807, 2.05) is 30.5 Å². The molecule has 7 heteroatoms. The summed E-state index contributed by atoms with van der Waals surface area (Å²) in [6.45, 7) is 10.0. The van der Waals surface area contributed by atoms with E-state index in [-0.39, 0.29) is 0 Å². The number of pyridine rings is 1. The second-order valence-electron chi connectivity index (χ2n) is 9.70. The minimum Gasteiger partial charge on any atom is -0.384 e. The SMILES string of the molecule is Clc1ccc2c(NCCCN3CCN(CCCN[C@H]4Cc5ccccc5CN4)CC3)ccnc2c1. The third-order valence-electron chi connectivity index (χ3n) is 7.26. The topological polar surface area (TPSA) is 55.5 Å². The molecule has 0 radical (unpaired) electrons. The maximum atomic E-state index is 6.10. The zero-order valence-electron chi connectivity index (χ0n) is 20.5. The first-order valence-corrected chi connectivity index (χ1v) is 13.4. The molecule has 0 aliphatic carbocycles. The summed E-state index contributed by atoms with van der Waals surface area (Å²) in [6.07, 6.45) is 5.67. The van der Waals surface area contributed by atoms with Crippen LogP contribution in [0.3, 0.4) is 0 Å².